The van der Waals surface area contributed by atoms with Crippen LogP contribution < -0.4 is 5.32 Å². The first-order valence-electron chi connectivity index (χ1n) is 12.0. The highest BCUT2D eigenvalue weighted by molar-refractivity contribution is 6.06. The van der Waals surface area contributed by atoms with Crippen molar-refractivity contribution in [2.45, 2.75) is 26.2 Å². The van der Waals surface area contributed by atoms with Gasteiger partial charge >= 0.3 is 12.1 Å². The van der Waals surface area contributed by atoms with Crippen molar-refractivity contribution in [1.82, 2.24) is 14.9 Å². The predicted octanol–water partition coefficient (Wildman–Crippen LogP) is 6.33. The van der Waals surface area contributed by atoms with E-state index in [1.165, 1.54) is 7.11 Å². The van der Waals surface area contributed by atoms with E-state index in [4.69, 9.17) is 0 Å². The fourth-order valence-electron chi connectivity index (χ4n) is 4.15. The van der Waals surface area contributed by atoms with Crippen LogP contribution in [0, 0.1) is 6.92 Å². The second-order valence-corrected chi connectivity index (χ2v) is 8.87. The monoisotopic (exact) mass is 533 g/mol. The molecule has 6 nitrogen and oxygen atoms in total. The minimum atomic E-state index is -4.63. The van der Waals surface area contributed by atoms with Crippen molar-refractivity contribution in [3.8, 4) is 0 Å². The highest BCUT2D eigenvalue weighted by Crippen LogP contribution is 2.34. The topological polar surface area (TPSA) is 73.2 Å². The highest BCUT2D eigenvalue weighted by Gasteiger charge is 2.32. The van der Waals surface area contributed by atoms with Gasteiger partial charge in [0.25, 0.3) is 5.91 Å². The Morgan fingerprint density at radius 1 is 1.10 bits per heavy atom. The molecule has 200 valence electrons. The summed E-state index contributed by atoms with van der Waals surface area (Å²) >= 11 is 0. The third-order valence-corrected chi connectivity index (χ3v) is 6.18. The first kappa shape index (κ1) is 27.4. The van der Waals surface area contributed by atoms with Crippen molar-refractivity contribution < 1.29 is 27.5 Å². The number of amides is 1. The molecule has 4 rings (SSSR count). The summed E-state index contributed by atoms with van der Waals surface area (Å²) in [6.07, 6.45) is 2.26. The van der Waals surface area contributed by atoms with E-state index >= 15 is 0 Å². The van der Waals surface area contributed by atoms with E-state index in [-0.39, 0.29) is 24.0 Å². The van der Waals surface area contributed by atoms with Crippen molar-refractivity contribution in [3.63, 3.8) is 0 Å². The van der Waals surface area contributed by atoms with Crippen LogP contribution in [0.4, 0.5) is 13.2 Å². The van der Waals surface area contributed by atoms with Crippen LogP contribution in [-0.4, -0.2) is 28.5 Å². The summed E-state index contributed by atoms with van der Waals surface area (Å²) in [4.78, 5) is 29.5. The van der Waals surface area contributed by atoms with Gasteiger partial charge in [-0.05, 0) is 60.5 Å². The van der Waals surface area contributed by atoms with Gasteiger partial charge in [-0.2, -0.15) is 13.2 Å². The number of rotatable bonds is 8. The number of hydrogen-bond acceptors (Lipinski definition) is 4. The number of carbonyl (C=O) groups excluding carboxylic acids is 2. The van der Waals surface area contributed by atoms with Gasteiger partial charge in [0.05, 0.1) is 47.2 Å². The van der Waals surface area contributed by atoms with Crippen LogP contribution in [0.3, 0.4) is 0 Å². The molecule has 1 N–H and O–H groups in total. The molecule has 4 aromatic rings. The van der Waals surface area contributed by atoms with Crippen LogP contribution >= 0.6 is 0 Å². The van der Waals surface area contributed by atoms with Crippen molar-refractivity contribution in [2.75, 3.05) is 7.11 Å². The lowest BCUT2D eigenvalue weighted by molar-refractivity contribution is -0.137. The van der Waals surface area contributed by atoms with Crippen LogP contribution in [-0.2, 0) is 24.0 Å². The summed E-state index contributed by atoms with van der Waals surface area (Å²) in [6.45, 7) is 5.89. The van der Waals surface area contributed by atoms with Crippen LogP contribution in [0.25, 0.3) is 17.0 Å². The zero-order valence-electron chi connectivity index (χ0n) is 21.4. The van der Waals surface area contributed by atoms with Gasteiger partial charge in [-0.3, -0.25) is 9.78 Å². The Hall–Kier alpha value is -4.66. The Labute approximate surface area is 223 Å². The number of aryl methyl sites for hydroxylation is 1. The van der Waals surface area contributed by atoms with Gasteiger partial charge in [0.1, 0.15) is 0 Å². The third-order valence-electron chi connectivity index (χ3n) is 6.18. The number of pyridine rings is 1. The number of fused-ring (bicyclic) bond motifs is 1. The van der Waals surface area contributed by atoms with E-state index in [9.17, 15) is 22.8 Å². The van der Waals surface area contributed by atoms with Gasteiger partial charge in [0.2, 0.25) is 0 Å². The predicted molar refractivity (Wildman–Crippen MR) is 143 cm³/mol. The van der Waals surface area contributed by atoms with Gasteiger partial charge in [0.15, 0.2) is 0 Å². The fraction of sp³-hybridized carbons (Fsp3) is 0.167. The molecule has 0 aliphatic carbocycles. The second-order valence-electron chi connectivity index (χ2n) is 8.87. The molecule has 2 heterocycles. The number of benzene rings is 2. The maximum Gasteiger partial charge on any atom is 0.416 e. The van der Waals surface area contributed by atoms with Crippen molar-refractivity contribution in [2.24, 2.45) is 0 Å². The first-order valence-corrected chi connectivity index (χ1v) is 12.0. The van der Waals surface area contributed by atoms with Crippen molar-refractivity contribution >= 4 is 28.9 Å². The first-order chi connectivity index (χ1) is 18.6. The number of alkyl halides is 3. The Kier molecular flexibility index (Phi) is 7.99. The summed E-state index contributed by atoms with van der Waals surface area (Å²) in [5.74, 6) is -1.15. The van der Waals surface area contributed by atoms with Gasteiger partial charge in [0, 0.05) is 18.1 Å². The normalized spacial score (nSPS) is 11.6. The summed E-state index contributed by atoms with van der Waals surface area (Å²) in [7, 11) is 1.27. The zero-order valence-corrected chi connectivity index (χ0v) is 21.4. The van der Waals surface area contributed by atoms with E-state index in [0.717, 1.165) is 23.4 Å². The van der Waals surface area contributed by atoms with Gasteiger partial charge in [-0.1, -0.05) is 36.9 Å². The maximum atomic E-state index is 13.7. The number of esters is 1. The van der Waals surface area contributed by atoms with Crippen LogP contribution in [0.15, 0.2) is 79.5 Å². The average molecular weight is 534 g/mol. The summed E-state index contributed by atoms with van der Waals surface area (Å²) in [5.41, 5.74) is 2.76. The Balaban J connectivity index is 1.67. The number of halogens is 3. The van der Waals surface area contributed by atoms with Gasteiger partial charge in [-0.25, -0.2) is 4.79 Å². The number of hydrogen-bond donors (Lipinski definition) is 1. The molecule has 0 radical (unpaired) electrons. The molecule has 0 fully saturated rings. The van der Waals surface area contributed by atoms with Gasteiger partial charge in [-0.15, -0.1) is 0 Å². The Morgan fingerprint density at radius 3 is 2.51 bits per heavy atom. The molecule has 39 heavy (non-hydrogen) atoms. The largest absolute Gasteiger partial charge is 0.465 e. The molecule has 0 aliphatic rings. The molecule has 9 heteroatoms. The molecule has 0 saturated heterocycles. The SMILES string of the molecule is C=C/C=C\c1nc(Cn2ccc3cc(C(F)(F)F)cc(C(=O)NCc4ccc(C(=O)OC)cc4)c32)ccc1C. The molecule has 1 amide bonds. The van der Waals surface area contributed by atoms with Crippen molar-refractivity contribution in [1.29, 1.82) is 0 Å². The molecule has 2 aromatic heterocycles. The number of nitrogens with zero attached hydrogens (tertiary/aromatic N) is 2. The van der Waals surface area contributed by atoms with E-state index in [2.05, 4.69) is 21.6 Å². The summed E-state index contributed by atoms with van der Waals surface area (Å²) in [6, 6.07) is 13.6. The Bertz CT molecular complexity index is 1570. The number of carbonyl (C=O) groups is 2. The van der Waals surface area contributed by atoms with E-state index < -0.39 is 23.6 Å². The van der Waals surface area contributed by atoms with E-state index in [0.29, 0.717) is 22.3 Å². The molecular weight excluding hydrogens is 507 g/mol. The highest BCUT2D eigenvalue weighted by atomic mass is 19.4. The number of methoxy groups -OCH3 is 1. The molecule has 0 aliphatic heterocycles. The molecular formula is C30H26F3N3O3. The second kappa shape index (κ2) is 11.4. The van der Waals surface area contributed by atoms with Gasteiger partial charge < -0.3 is 14.6 Å². The van der Waals surface area contributed by atoms with E-state index in [1.54, 1.807) is 53.2 Å². The molecule has 0 unspecified atom stereocenters. The zero-order chi connectivity index (χ0) is 28.2. The fourth-order valence-corrected chi connectivity index (χ4v) is 4.15. The average Bonchev–Trinajstić information content (AvgIpc) is 3.33. The number of nitrogens with one attached hydrogen (secondary N) is 1. The smallest absolute Gasteiger partial charge is 0.416 e. The lowest BCUT2D eigenvalue weighted by Gasteiger charge is -2.14. The standard InChI is InChI=1S/C30H26F3N3O3/c1-4-5-6-26-19(2)7-12-24(35-26)18-36-14-13-22-15-23(30(31,32)33)16-25(27(22)36)28(37)34-17-20-8-10-21(11-9-20)29(38)39-3/h4-16H,1,17-18H2,2-3H3,(H,34,37)/b6-5-. The summed E-state index contributed by atoms with van der Waals surface area (Å²) in [5, 5.41) is 2.99. The summed E-state index contributed by atoms with van der Waals surface area (Å²) < 4.78 is 47.4. The molecule has 0 saturated carbocycles. The number of ether oxygens (including phenoxy) is 1. The van der Waals surface area contributed by atoms with E-state index in [1.807, 2.05) is 25.1 Å². The lowest BCUT2D eigenvalue weighted by Crippen LogP contribution is -2.24. The van der Waals surface area contributed by atoms with Crippen molar-refractivity contribution in [3.05, 3.63) is 119 Å². The molecule has 0 atom stereocenters. The molecule has 0 bridgehead atoms. The Morgan fingerprint density at radius 2 is 1.85 bits per heavy atom. The number of aromatic nitrogens is 2. The maximum absolute atomic E-state index is 13.7. The van der Waals surface area contributed by atoms with Crippen LogP contribution in [0.1, 0.15) is 48.8 Å². The lowest BCUT2D eigenvalue weighted by atomic mass is 10.0. The minimum Gasteiger partial charge on any atom is -0.465 e. The minimum absolute atomic E-state index is 0.0528. The third kappa shape index (κ3) is 6.26. The van der Waals surface area contributed by atoms with Crippen LogP contribution in [0.2, 0.25) is 0 Å². The molecule has 0 spiro atoms. The van der Waals surface area contributed by atoms with Crippen LogP contribution in [0.5, 0.6) is 0 Å². The molecule has 2 aromatic carbocycles. The number of allylic oxidation sites excluding steroid dienone is 2. The quantitative estimate of drug-likeness (QED) is 0.212.